The molecule has 0 bridgehead atoms. The molecule has 3 heteroatoms. The summed E-state index contributed by atoms with van der Waals surface area (Å²) in [7, 11) is 0. The van der Waals surface area contributed by atoms with Gasteiger partial charge in [-0.15, -0.1) is 0 Å². The number of carbonyl (C=O) groups excluding carboxylic acids is 1. The Kier molecular flexibility index (Phi) is 5.00. The molecule has 2 aromatic carbocycles. The summed E-state index contributed by atoms with van der Waals surface area (Å²) in [6.45, 7) is 10.7. The van der Waals surface area contributed by atoms with Crippen molar-refractivity contribution in [2.45, 2.75) is 27.3 Å². The van der Waals surface area contributed by atoms with Crippen LogP contribution in [0.3, 0.4) is 0 Å². The minimum absolute atomic E-state index is 0.173. The van der Waals surface area contributed by atoms with E-state index in [0.29, 0.717) is 0 Å². The molecule has 1 aliphatic heterocycles. The molecule has 0 aliphatic carbocycles. The minimum atomic E-state index is 0.173. The summed E-state index contributed by atoms with van der Waals surface area (Å²) in [4.78, 5) is 17.2. The van der Waals surface area contributed by atoms with Crippen LogP contribution in [0.5, 0.6) is 0 Å². The van der Waals surface area contributed by atoms with Gasteiger partial charge >= 0.3 is 0 Å². The number of aryl methyl sites for hydroxylation is 3. The Morgan fingerprint density at radius 3 is 2.33 bits per heavy atom. The van der Waals surface area contributed by atoms with E-state index >= 15 is 0 Å². The van der Waals surface area contributed by atoms with Gasteiger partial charge in [-0.3, -0.25) is 9.69 Å². The third-order valence-corrected chi connectivity index (χ3v) is 4.94. The second kappa shape index (κ2) is 7.18. The zero-order valence-electron chi connectivity index (χ0n) is 14.9. The van der Waals surface area contributed by atoms with Gasteiger partial charge in [0.25, 0.3) is 5.91 Å². The molecule has 24 heavy (non-hydrogen) atoms. The average Bonchev–Trinajstić information content (AvgIpc) is 2.59. The number of amides is 1. The standard InChI is InChI=1S/C21H26N2O/c1-16-8-9-18(3)20(14-16)21(24)23-12-10-22(11-13-23)15-19-7-5-4-6-17(19)2/h4-9,14H,10-13,15H2,1-3H3. The van der Waals surface area contributed by atoms with Crippen LogP contribution < -0.4 is 0 Å². The van der Waals surface area contributed by atoms with Crippen molar-refractivity contribution in [1.29, 1.82) is 0 Å². The van der Waals surface area contributed by atoms with Gasteiger partial charge < -0.3 is 4.90 Å². The highest BCUT2D eigenvalue weighted by atomic mass is 16.2. The van der Waals surface area contributed by atoms with Gasteiger partial charge in [0.1, 0.15) is 0 Å². The number of hydrogen-bond donors (Lipinski definition) is 0. The van der Waals surface area contributed by atoms with E-state index in [1.165, 1.54) is 11.1 Å². The zero-order chi connectivity index (χ0) is 17.1. The largest absolute Gasteiger partial charge is 0.336 e. The molecule has 2 aromatic rings. The molecule has 0 atom stereocenters. The summed E-state index contributed by atoms with van der Waals surface area (Å²) in [5.74, 6) is 0.173. The lowest BCUT2D eigenvalue weighted by atomic mass is 10.0. The maximum absolute atomic E-state index is 12.8. The summed E-state index contributed by atoms with van der Waals surface area (Å²) >= 11 is 0. The van der Waals surface area contributed by atoms with E-state index in [1.54, 1.807) is 0 Å². The molecule has 0 unspecified atom stereocenters. The van der Waals surface area contributed by atoms with Crippen molar-refractivity contribution in [1.82, 2.24) is 9.80 Å². The fraction of sp³-hybridized carbons (Fsp3) is 0.381. The summed E-state index contributed by atoms with van der Waals surface area (Å²) in [5, 5.41) is 0. The van der Waals surface area contributed by atoms with Gasteiger partial charge in [-0.2, -0.15) is 0 Å². The lowest BCUT2D eigenvalue weighted by Gasteiger charge is -2.35. The summed E-state index contributed by atoms with van der Waals surface area (Å²) in [6.07, 6.45) is 0. The van der Waals surface area contributed by atoms with Crippen LogP contribution >= 0.6 is 0 Å². The fourth-order valence-electron chi connectivity index (χ4n) is 3.27. The average molecular weight is 322 g/mol. The first-order valence-electron chi connectivity index (χ1n) is 8.68. The van der Waals surface area contributed by atoms with Crippen molar-refractivity contribution in [2.24, 2.45) is 0 Å². The van der Waals surface area contributed by atoms with Crippen molar-refractivity contribution < 1.29 is 4.79 Å². The first-order chi connectivity index (χ1) is 11.5. The third kappa shape index (κ3) is 3.68. The number of rotatable bonds is 3. The van der Waals surface area contributed by atoms with Gasteiger partial charge in [0.05, 0.1) is 0 Å². The molecule has 0 aromatic heterocycles. The monoisotopic (exact) mass is 322 g/mol. The molecule has 1 amide bonds. The Morgan fingerprint density at radius 2 is 1.62 bits per heavy atom. The highest BCUT2D eigenvalue weighted by molar-refractivity contribution is 5.95. The topological polar surface area (TPSA) is 23.6 Å². The van der Waals surface area contributed by atoms with Crippen molar-refractivity contribution in [3.05, 3.63) is 70.3 Å². The molecule has 0 saturated carbocycles. The normalized spacial score (nSPS) is 15.5. The van der Waals surface area contributed by atoms with Crippen LogP contribution in [-0.2, 0) is 6.54 Å². The van der Waals surface area contributed by atoms with Crippen molar-refractivity contribution >= 4 is 5.91 Å². The molecular weight excluding hydrogens is 296 g/mol. The van der Waals surface area contributed by atoms with E-state index < -0.39 is 0 Å². The molecule has 1 saturated heterocycles. The second-order valence-corrected chi connectivity index (χ2v) is 6.81. The molecule has 1 fully saturated rings. The molecular formula is C21H26N2O. The minimum Gasteiger partial charge on any atom is -0.336 e. The van der Waals surface area contributed by atoms with E-state index in [0.717, 1.165) is 49.4 Å². The maximum atomic E-state index is 12.8. The zero-order valence-corrected chi connectivity index (χ0v) is 14.9. The fourth-order valence-corrected chi connectivity index (χ4v) is 3.27. The number of piperazine rings is 1. The molecule has 1 aliphatic rings. The maximum Gasteiger partial charge on any atom is 0.254 e. The number of carbonyl (C=O) groups is 1. The molecule has 3 rings (SSSR count). The predicted molar refractivity (Wildman–Crippen MR) is 98.3 cm³/mol. The van der Waals surface area contributed by atoms with Crippen LogP contribution in [0.4, 0.5) is 0 Å². The van der Waals surface area contributed by atoms with E-state index in [1.807, 2.05) is 30.9 Å². The third-order valence-electron chi connectivity index (χ3n) is 4.94. The van der Waals surface area contributed by atoms with Crippen LogP contribution in [0, 0.1) is 20.8 Å². The molecule has 126 valence electrons. The summed E-state index contributed by atoms with van der Waals surface area (Å²) < 4.78 is 0. The first kappa shape index (κ1) is 16.7. The molecule has 3 nitrogen and oxygen atoms in total. The molecule has 0 spiro atoms. The number of hydrogen-bond acceptors (Lipinski definition) is 2. The van der Waals surface area contributed by atoms with Gasteiger partial charge in [-0.25, -0.2) is 0 Å². The quantitative estimate of drug-likeness (QED) is 0.862. The van der Waals surface area contributed by atoms with E-state index in [4.69, 9.17) is 0 Å². The summed E-state index contributed by atoms with van der Waals surface area (Å²) in [6, 6.07) is 14.7. The summed E-state index contributed by atoms with van der Waals surface area (Å²) in [5.41, 5.74) is 5.77. The van der Waals surface area contributed by atoms with E-state index in [9.17, 15) is 4.79 Å². The van der Waals surface area contributed by atoms with Gasteiger partial charge in [0, 0.05) is 38.3 Å². The Labute approximate surface area is 144 Å². The van der Waals surface area contributed by atoms with Crippen molar-refractivity contribution in [3.8, 4) is 0 Å². The number of benzene rings is 2. The van der Waals surface area contributed by atoms with Gasteiger partial charge in [-0.1, -0.05) is 42.0 Å². The highest BCUT2D eigenvalue weighted by Gasteiger charge is 2.23. The van der Waals surface area contributed by atoms with Crippen molar-refractivity contribution in [2.75, 3.05) is 26.2 Å². The van der Waals surface area contributed by atoms with Crippen LogP contribution in [0.2, 0.25) is 0 Å². The van der Waals surface area contributed by atoms with Crippen LogP contribution in [0.25, 0.3) is 0 Å². The SMILES string of the molecule is Cc1ccc(C)c(C(=O)N2CCN(Cc3ccccc3C)CC2)c1. The van der Waals surface area contributed by atoms with Crippen molar-refractivity contribution in [3.63, 3.8) is 0 Å². The Balaban J connectivity index is 1.61. The van der Waals surface area contributed by atoms with Gasteiger partial charge in [0.15, 0.2) is 0 Å². The molecule has 0 N–H and O–H groups in total. The Hall–Kier alpha value is -2.13. The molecule has 1 heterocycles. The predicted octanol–water partition coefficient (Wildman–Crippen LogP) is 3.57. The van der Waals surface area contributed by atoms with Gasteiger partial charge in [-0.05, 0) is 43.5 Å². The van der Waals surface area contributed by atoms with Crippen LogP contribution in [-0.4, -0.2) is 41.9 Å². The Morgan fingerprint density at radius 1 is 0.917 bits per heavy atom. The van der Waals surface area contributed by atoms with Crippen LogP contribution in [0.1, 0.15) is 32.6 Å². The van der Waals surface area contributed by atoms with Crippen LogP contribution in [0.15, 0.2) is 42.5 Å². The highest BCUT2D eigenvalue weighted by Crippen LogP contribution is 2.17. The first-order valence-corrected chi connectivity index (χ1v) is 8.68. The lowest BCUT2D eigenvalue weighted by Crippen LogP contribution is -2.48. The second-order valence-electron chi connectivity index (χ2n) is 6.81. The lowest BCUT2D eigenvalue weighted by molar-refractivity contribution is 0.0627. The number of nitrogens with zero attached hydrogens (tertiary/aromatic N) is 2. The van der Waals surface area contributed by atoms with E-state index in [-0.39, 0.29) is 5.91 Å². The smallest absolute Gasteiger partial charge is 0.254 e. The van der Waals surface area contributed by atoms with Gasteiger partial charge in [0.2, 0.25) is 0 Å². The Bertz CT molecular complexity index is 730. The van der Waals surface area contributed by atoms with E-state index in [2.05, 4.69) is 42.2 Å². The molecule has 0 radical (unpaired) electrons.